The van der Waals surface area contributed by atoms with Crippen LogP contribution in [-0.2, 0) is 19.1 Å². The minimum atomic E-state index is -1.32. The molecule has 1 aromatic carbocycles. The minimum absolute atomic E-state index is 0.0893. The van der Waals surface area contributed by atoms with Crippen molar-refractivity contribution in [2.45, 2.75) is 70.4 Å². The summed E-state index contributed by atoms with van der Waals surface area (Å²) < 4.78 is 6.87. The van der Waals surface area contributed by atoms with Crippen LogP contribution < -0.4 is 4.90 Å². The molecule has 2 fully saturated rings. The number of amides is 3. The largest absolute Gasteiger partial charge is 0.394 e. The van der Waals surface area contributed by atoms with E-state index in [4.69, 9.17) is 4.74 Å². The van der Waals surface area contributed by atoms with Gasteiger partial charge in [-0.1, -0.05) is 56.4 Å². The van der Waals surface area contributed by atoms with Crippen molar-refractivity contribution < 1.29 is 24.2 Å². The zero-order chi connectivity index (χ0) is 27.4. The molecule has 38 heavy (non-hydrogen) atoms. The Morgan fingerprint density at radius 1 is 0.947 bits per heavy atom. The Morgan fingerprint density at radius 2 is 1.63 bits per heavy atom. The predicted octanol–water partition coefficient (Wildman–Crippen LogP) is 2.77. The van der Waals surface area contributed by atoms with Gasteiger partial charge in [-0.2, -0.15) is 0 Å². The SMILES string of the molecule is CC(C)C[C@H](CO)N1C(=O)[C@@H]2[C@H]3C(=O)N(c4ccccc4)CC=C[C@@]3(C)O[C@@]23C=CCN(C(C)C)C(=O)C13. The van der Waals surface area contributed by atoms with E-state index in [-0.39, 0.29) is 36.3 Å². The van der Waals surface area contributed by atoms with Crippen LogP contribution in [0.15, 0.2) is 54.6 Å². The fraction of sp³-hybridized carbons (Fsp3) is 0.567. The number of hydrogen-bond acceptors (Lipinski definition) is 5. The molecule has 1 spiro atoms. The van der Waals surface area contributed by atoms with E-state index in [0.717, 1.165) is 5.69 Å². The number of aliphatic hydroxyl groups excluding tert-OH is 1. The third-order valence-corrected chi connectivity index (χ3v) is 8.56. The number of aliphatic hydroxyl groups is 1. The molecule has 4 heterocycles. The number of para-hydroxylation sites is 1. The number of nitrogens with zero attached hydrogens (tertiary/aromatic N) is 3. The smallest absolute Gasteiger partial charge is 0.249 e. The highest BCUT2D eigenvalue weighted by atomic mass is 16.5. The highest BCUT2D eigenvalue weighted by Gasteiger charge is 2.75. The number of anilines is 1. The van der Waals surface area contributed by atoms with E-state index in [1.165, 1.54) is 0 Å². The Morgan fingerprint density at radius 3 is 2.26 bits per heavy atom. The molecule has 204 valence electrons. The van der Waals surface area contributed by atoms with E-state index >= 15 is 0 Å². The first-order chi connectivity index (χ1) is 18.1. The normalized spacial score (nSPS) is 33.5. The highest BCUT2D eigenvalue weighted by Crippen LogP contribution is 2.58. The monoisotopic (exact) mass is 521 g/mol. The zero-order valence-corrected chi connectivity index (χ0v) is 22.9. The molecule has 5 rings (SSSR count). The van der Waals surface area contributed by atoms with Crippen molar-refractivity contribution >= 4 is 23.4 Å². The molecule has 1 N–H and O–H groups in total. The van der Waals surface area contributed by atoms with Gasteiger partial charge in [-0.3, -0.25) is 14.4 Å². The first kappa shape index (κ1) is 26.6. The lowest BCUT2D eigenvalue weighted by Gasteiger charge is -2.41. The third-order valence-electron chi connectivity index (χ3n) is 8.56. The maximum Gasteiger partial charge on any atom is 0.249 e. The molecule has 4 aliphatic heterocycles. The second kappa shape index (κ2) is 9.65. The summed E-state index contributed by atoms with van der Waals surface area (Å²) in [7, 11) is 0. The second-order valence-corrected chi connectivity index (χ2v) is 11.9. The van der Waals surface area contributed by atoms with Crippen molar-refractivity contribution in [3.05, 3.63) is 54.6 Å². The third kappa shape index (κ3) is 3.92. The van der Waals surface area contributed by atoms with Gasteiger partial charge in [0.25, 0.3) is 0 Å². The first-order valence-electron chi connectivity index (χ1n) is 13.7. The Hall–Kier alpha value is -2.97. The summed E-state index contributed by atoms with van der Waals surface area (Å²) in [6.45, 7) is 10.3. The summed E-state index contributed by atoms with van der Waals surface area (Å²) in [5, 5.41) is 10.4. The fourth-order valence-corrected chi connectivity index (χ4v) is 7.00. The maximum absolute atomic E-state index is 14.5. The van der Waals surface area contributed by atoms with Crippen molar-refractivity contribution in [2.24, 2.45) is 17.8 Å². The molecule has 1 aromatic rings. The topological polar surface area (TPSA) is 90.4 Å². The maximum atomic E-state index is 14.5. The number of carbonyl (C=O) groups is 3. The van der Waals surface area contributed by atoms with Crippen molar-refractivity contribution in [1.82, 2.24) is 9.80 Å². The number of rotatable bonds is 6. The molecule has 8 heteroatoms. The van der Waals surface area contributed by atoms with E-state index in [9.17, 15) is 19.5 Å². The van der Waals surface area contributed by atoms with Crippen LogP contribution in [0.2, 0.25) is 0 Å². The van der Waals surface area contributed by atoms with E-state index in [0.29, 0.717) is 19.5 Å². The van der Waals surface area contributed by atoms with Crippen molar-refractivity contribution in [1.29, 1.82) is 0 Å². The van der Waals surface area contributed by atoms with Gasteiger partial charge in [0.15, 0.2) is 0 Å². The second-order valence-electron chi connectivity index (χ2n) is 11.9. The number of likely N-dealkylation sites (tertiary alicyclic amines) is 1. The Labute approximate surface area is 224 Å². The van der Waals surface area contributed by atoms with Crippen LogP contribution in [0, 0.1) is 17.8 Å². The van der Waals surface area contributed by atoms with Crippen LogP contribution in [0.4, 0.5) is 5.69 Å². The number of carbonyl (C=O) groups excluding carboxylic acids is 3. The molecule has 0 saturated carbocycles. The molecule has 3 amide bonds. The highest BCUT2D eigenvalue weighted by molar-refractivity contribution is 6.04. The quantitative estimate of drug-likeness (QED) is 0.582. The average molecular weight is 522 g/mol. The van der Waals surface area contributed by atoms with Gasteiger partial charge in [-0.15, -0.1) is 0 Å². The van der Waals surface area contributed by atoms with Gasteiger partial charge < -0.3 is 24.5 Å². The van der Waals surface area contributed by atoms with E-state index in [1.807, 2.05) is 89.3 Å². The molecule has 0 bridgehead atoms. The van der Waals surface area contributed by atoms with Gasteiger partial charge in [0.05, 0.1) is 30.1 Å². The van der Waals surface area contributed by atoms with Gasteiger partial charge in [0, 0.05) is 24.8 Å². The van der Waals surface area contributed by atoms with E-state index in [2.05, 4.69) is 0 Å². The summed E-state index contributed by atoms with van der Waals surface area (Å²) in [6.07, 6.45) is 8.10. The lowest BCUT2D eigenvalue weighted by molar-refractivity contribution is -0.155. The summed E-state index contributed by atoms with van der Waals surface area (Å²) in [5.41, 5.74) is -1.64. The van der Waals surface area contributed by atoms with Crippen molar-refractivity contribution in [2.75, 3.05) is 24.6 Å². The molecular formula is C30H39N3O5. The van der Waals surface area contributed by atoms with Gasteiger partial charge >= 0.3 is 0 Å². The Kier molecular flexibility index (Phi) is 6.76. The zero-order valence-electron chi connectivity index (χ0n) is 22.9. The van der Waals surface area contributed by atoms with Crippen LogP contribution in [-0.4, -0.2) is 81.7 Å². The average Bonchev–Trinajstić information content (AvgIpc) is 3.14. The molecule has 0 aliphatic carbocycles. The molecule has 6 atom stereocenters. The molecule has 0 radical (unpaired) electrons. The lowest BCUT2D eigenvalue weighted by Crippen LogP contribution is -2.59. The van der Waals surface area contributed by atoms with Crippen LogP contribution in [0.5, 0.6) is 0 Å². The van der Waals surface area contributed by atoms with Gasteiger partial charge in [0.1, 0.15) is 11.6 Å². The van der Waals surface area contributed by atoms with Crippen LogP contribution >= 0.6 is 0 Å². The first-order valence-corrected chi connectivity index (χ1v) is 13.7. The molecule has 4 aliphatic rings. The number of ether oxygens (including phenoxy) is 1. The van der Waals surface area contributed by atoms with Gasteiger partial charge in [-0.25, -0.2) is 0 Å². The van der Waals surface area contributed by atoms with Crippen LogP contribution in [0.1, 0.15) is 41.0 Å². The van der Waals surface area contributed by atoms with Gasteiger partial charge in [0.2, 0.25) is 17.7 Å². The Bertz CT molecular complexity index is 1160. The lowest BCUT2D eigenvalue weighted by atomic mass is 9.74. The van der Waals surface area contributed by atoms with Gasteiger partial charge in [-0.05, 0) is 45.2 Å². The Balaban J connectivity index is 1.67. The van der Waals surface area contributed by atoms with Crippen LogP contribution in [0.25, 0.3) is 0 Å². The van der Waals surface area contributed by atoms with E-state index < -0.39 is 35.1 Å². The summed E-state index contributed by atoms with van der Waals surface area (Å²) in [6, 6.07) is 7.81. The van der Waals surface area contributed by atoms with Crippen molar-refractivity contribution in [3.8, 4) is 0 Å². The van der Waals surface area contributed by atoms with Crippen molar-refractivity contribution in [3.63, 3.8) is 0 Å². The molecule has 8 nitrogen and oxygen atoms in total. The predicted molar refractivity (Wildman–Crippen MR) is 144 cm³/mol. The molecule has 1 unspecified atom stereocenters. The fourth-order valence-electron chi connectivity index (χ4n) is 7.00. The van der Waals surface area contributed by atoms with Crippen LogP contribution in [0.3, 0.4) is 0 Å². The molecule has 2 saturated heterocycles. The standard InChI is InChI=1S/C30H39N3O5/c1-19(2)17-22(18-34)33-25-28(37)31(20(3)4)15-10-14-30(25)24(27(33)36)23-26(35)32(21-11-7-6-8-12-21)16-9-13-29(23,5)38-30/h6-14,19-20,22-25,34H,15-18H2,1-5H3/t22-,23+,24+,25?,29-,30+/m1/s1. The summed E-state index contributed by atoms with van der Waals surface area (Å²) in [4.78, 5) is 48.1. The number of benzene rings is 1. The summed E-state index contributed by atoms with van der Waals surface area (Å²) >= 11 is 0. The number of fused-ring (bicyclic) bond motifs is 2. The minimum Gasteiger partial charge on any atom is -0.394 e. The molecular weight excluding hydrogens is 482 g/mol. The van der Waals surface area contributed by atoms with E-state index in [1.54, 1.807) is 14.7 Å². The molecule has 0 aromatic heterocycles. The summed E-state index contributed by atoms with van der Waals surface area (Å²) in [5.74, 6) is -2.25. The number of hydrogen-bond donors (Lipinski definition) is 1.